The van der Waals surface area contributed by atoms with Crippen molar-refractivity contribution in [2.24, 2.45) is 5.92 Å². The Bertz CT molecular complexity index is 321. The smallest absolute Gasteiger partial charge is 0.269 e. The van der Waals surface area contributed by atoms with E-state index in [9.17, 15) is 10.1 Å². The number of benzene rings is 1. The van der Waals surface area contributed by atoms with Gasteiger partial charge in [0.25, 0.3) is 5.69 Å². The number of non-ortho nitro benzene ring substituents is 1. The van der Waals surface area contributed by atoms with Crippen molar-refractivity contribution in [2.45, 2.75) is 20.3 Å². The van der Waals surface area contributed by atoms with Gasteiger partial charge in [0.2, 0.25) is 0 Å². The molecule has 0 N–H and O–H groups in total. The molecule has 1 aromatic carbocycles. The van der Waals surface area contributed by atoms with Crippen LogP contribution in [0.2, 0.25) is 0 Å². The van der Waals surface area contributed by atoms with Gasteiger partial charge in [-0.1, -0.05) is 20.3 Å². The molecule has 0 saturated heterocycles. The van der Waals surface area contributed by atoms with Crippen LogP contribution in [0.15, 0.2) is 24.3 Å². The molecule has 0 fully saturated rings. The van der Waals surface area contributed by atoms with Crippen LogP contribution in [-0.2, 0) is 0 Å². The number of nitro benzene ring substituents is 1. The summed E-state index contributed by atoms with van der Waals surface area (Å²) in [6.07, 6.45) is 1.06. The Hall–Kier alpha value is -1.58. The van der Waals surface area contributed by atoms with E-state index in [4.69, 9.17) is 4.74 Å². The Morgan fingerprint density at radius 2 is 2.00 bits per heavy atom. The number of hydrogen-bond acceptors (Lipinski definition) is 3. The lowest BCUT2D eigenvalue weighted by molar-refractivity contribution is -0.384. The zero-order valence-corrected chi connectivity index (χ0v) is 8.97. The molecule has 0 saturated carbocycles. The Labute approximate surface area is 89.0 Å². The molecule has 0 heterocycles. The summed E-state index contributed by atoms with van der Waals surface area (Å²) in [4.78, 5) is 9.97. The molecular formula is C11H15NO3. The van der Waals surface area contributed by atoms with Crippen LogP contribution in [0.25, 0.3) is 0 Å². The van der Waals surface area contributed by atoms with Gasteiger partial charge in [0.05, 0.1) is 11.5 Å². The molecule has 1 rings (SSSR count). The van der Waals surface area contributed by atoms with Crippen molar-refractivity contribution in [3.63, 3.8) is 0 Å². The molecule has 4 nitrogen and oxygen atoms in total. The van der Waals surface area contributed by atoms with Crippen molar-refractivity contribution < 1.29 is 9.66 Å². The first-order valence-corrected chi connectivity index (χ1v) is 5.00. The third-order valence-electron chi connectivity index (χ3n) is 2.28. The number of nitrogens with zero attached hydrogens (tertiary/aromatic N) is 1. The molecule has 0 radical (unpaired) electrons. The van der Waals surface area contributed by atoms with Crippen molar-refractivity contribution in [3.8, 4) is 5.75 Å². The molecular weight excluding hydrogens is 194 g/mol. The highest BCUT2D eigenvalue weighted by molar-refractivity contribution is 5.35. The van der Waals surface area contributed by atoms with E-state index in [2.05, 4.69) is 13.8 Å². The average Bonchev–Trinajstić information content (AvgIpc) is 2.26. The van der Waals surface area contributed by atoms with Crippen molar-refractivity contribution in [1.29, 1.82) is 0 Å². The molecule has 0 aromatic heterocycles. The quantitative estimate of drug-likeness (QED) is 0.553. The summed E-state index contributed by atoms with van der Waals surface area (Å²) in [5, 5.41) is 10.4. The van der Waals surface area contributed by atoms with E-state index in [1.54, 1.807) is 12.1 Å². The molecule has 4 heteroatoms. The molecule has 1 aromatic rings. The number of hydrogen-bond donors (Lipinski definition) is 0. The second-order valence-corrected chi connectivity index (χ2v) is 3.58. The van der Waals surface area contributed by atoms with Gasteiger partial charge >= 0.3 is 0 Å². The zero-order chi connectivity index (χ0) is 11.3. The molecule has 0 aliphatic heterocycles. The van der Waals surface area contributed by atoms with Crippen molar-refractivity contribution in [1.82, 2.24) is 0 Å². The van der Waals surface area contributed by atoms with Crippen LogP contribution in [0.3, 0.4) is 0 Å². The summed E-state index contributed by atoms with van der Waals surface area (Å²) in [7, 11) is 0. The van der Waals surface area contributed by atoms with E-state index in [1.807, 2.05) is 0 Å². The van der Waals surface area contributed by atoms with Gasteiger partial charge in [0, 0.05) is 12.1 Å². The maximum Gasteiger partial charge on any atom is 0.269 e. The molecule has 0 bridgehead atoms. The molecule has 0 aliphatic carbocycles. The second kappa shape index (κ2) is 5.34. The predicted octanol–water partition coefficient (Wildman–Crippen LogP) is 3.02. The van der Waals surface area contributed by atoms with E-state index in [0.717, 1.165) is 6.42 Å². The highest BCUT2D eigenvalue weighted by Gasteiger charge is 2.05. The highest BCUT2D eigenvalue weighted by atomic mass is 16.6. The minimum atomic E-state index is -0.418. The van der Waals surface area contributed by atoms with Crippen molar-refractivity contribution in [2.75, 3.05) is 6.61 Å². The Morgan fingerprint density at radius 1 is 1.40 bits per heavy atom. The lowest BCUT2D eigenvalue weighted by Crippen LogP contribution is -2.07. The van der Waals surface area contributed by atoms with Crippen LogP contribution in [-0.4, -0.2) is 11.5 Å². The SMILES string of the molecule is CC[C@H](C)COc1ccc([N+](=O)[O-])cc1. The van der Waals surface area contributed by atoms with E-state index in [0.29, 0.717) is 18.3 Å². The fourth-order valence-corrected chi connectivity index (χ4v) is 1.02. The predicted molar refractivity (Wildman–Crippen MR) is 58.0 cm³/mol. The average molecular weight is 209 g/mol. The van der Waals surface area contributed by atoms with Gasteiger partial charge in [-0.15, -0.1) is 0 Å². The third kappa shape index (κ3) is 3.58. The first-order valence-electron chi connectivity index (χ1n) is 5.00. The van der Waals surface area contributed by atoms with Crippen LogP contribution in [0.5, 0.6) is 5.75 Å². The van der Waals surface area contributed by atoms with E-state index in [1.165, 1.54) is 12.1 Å². The van der Waals surface area contributed by atoms with E-state index in [-0.39, 0.29) is 5.69 Å². The van der Waals surface area contributed by atoms with Gasteiger partial charge in [0.1, 0.15) is 5.75 Å². The Morgan fingerprint density at radius 3 is 2.47 bits per heavy atom. The molecule has 15 heavy (non-hydrogen) atoms. The summed E-state index contributed by atoms with van der Waals surface area (Å²) in [5.41, 5.74) is 0.0888. The van der Waals surface area contributed by atoms with Gasteiger partial charge in [-0.2, -0.15) is 0 Å². The number of nitro groups is 1. The van der Waals surface area contributed by atoms with E-state index >= 15 is 0 Å². The van der Waals surface area contributed by atoms with Gasteiger partial charge < -0.3 is 4.74 Å². The van der Waals surface area contributed by atoms with Crippen molar-refractivity contribution >= 4 is 5.69 Å². The van der Waals surface area contributed by atoms with Gasteiger partial charge in [-0.05, 0) is 18.1 Å². The van der Waals surface area contributed by atoms with Crippen molar-refractivity contribution in [3.05, 3.63) is 34.4 Å². The fraction of sp³-hybridized carbons (Fsp3) is 0.455. The first-order chi connectivity index (χ1) is 7.13. The van der Waals surface area contributed by atoms with Crippen LogP contribution in [0.4, 0.5) is 5.69 Å². The van der Waals surface area contributed by atoms with Crippen LogP contribution < -0.4 is 4.74 Å². The standard InChI is InChI=1S/C11H15NO3/c1-3-9(2)8-15-11-6-4-10(5-7-11)12(13)14/h4-7,9H,3,8H2,1-2H3/t9-/m0/s1. The summed E-state index contributed by atoms with van der Waals surface area (Å²) in [5.74, 6) is 1.18. The second-order valence-electron chi connectivity index (χ2n) is 3.58. The van der Waals surface area contributed by atoms with Crippen LogP contribution >= 0.6 is 0 Å². The Kier molecular flexibility index (Phi) is 4.09. The van der Waals surface area contributed by atoms with Crippen LogP contribution in [0.1, 0.15) is 20.3 Å². The first kappa shape index (κ1) is 11.5. The third-order valence-corrected chi connectivity index (χ3v) is 2.28. The van der Waals surface area contributed by atoms with Gasteiger partial charge in [-0.3, -0.25) is 10.1 Å². The fourth-order valence-electron chi connectivity index (χ4n) is 1.02. The summed E-state index contributed by atoms with van der Waals surface area (Å²) < 4.78 is 5.47. The normalized spacial score (nSPS) is 12.1. The lowest BCUT2D eigenvalue weighted by atomic mass is 10.1. The molecule has 0 aliphatic rings. The molecule has 0 amide bonds. The number of rotatable bonds is 5. The topological polar surface area (TPSA) is 52.4 Å². The molecule has 1 atom stereocenters. The summed E-state index contributed by atoms with van der Waals surface area (Å²) in [6.45, 7) is 4.85. The van der Waals surface area contributed by atoms with Crippen LogP contribution in [0, 0.1) is 16.0 Å². The molecule has 0 spiro atoms. The number of ether oxygens (including phenoxy) is 1. The van der Waals surface area contributed by atoms with E-state index < -0.39 is 4.92 Å². The summed E-state index contributed by atoms with van der Waals surface area (Å²) in [6, 6.07) is 6.15. The zero-order valence-electron chi connectivity index (χ0n) is 8.97. The van der Waals surface area contributed by atoms with Gasteiger partial charge in [-0.25, -0.2) is 0 Å². The molecule has 0 unspecified atom stereocenters. The maximum atomic E-state index is 10.4. The van der Waals surface area contributed by atoms with Gasteiger partial charge in [0.15, 0.2) is 0 Å². The highest BCUT2D eigenvalue weighted by Crippen LogP contribution is 2.18. The minimum Gasteiger partial charge on any atom is -0.493 e. The minimum absolute atomic E-state index is 0.0888. The summed E-state index contributed by atoms with van der Waals surface area (Å²) >= 11 is 0. The monoisotopic (exact) mass is 209 g/mol. The maximum absolute atomic E-state index is 10.4. The molecule has 82 valence electrons. The Balaban J connectivity index is 2.53. The largest absolute Gasteiger partial charge is 0.493 e. The lowest BCUT2D eigenvalue weighted by Gasteiger charge is -2.10.